The van der Waals surface area contributed by atoms with E-state index in [9.17, 15) is 0 Å². The summed E-state index contributed by atoms with van der Waals surface area (Å²) in [5.41, 5.74) is 15.5. The number of benzene rings is 4. The molecule has 5 nitrogen and oxygen atoms in total. The Morgan fingerprint density at radius 1 is 0.627 bits per heavy atom. The average molecular weight is 665 g/mol. The van der Waals surface area contributed by atoms with Gasteiger partial charge in [-0.15, -0.1) is 9.13 Å². The lowest BCUT2D eigenvalue weighted by atomic mass is 9.69. The van der Waals surface area contributed by atoms with E-state index < -0.39 is 5.66 Å². The van der Waals surface area contributed by atoms with Crippen molar-refractivity contribution in [3.05, 3.63) is 130 Å². The van der Waals surface area contributed by atoms with Crippen LogP contribution in [0.3, 0.4) is 0 Å². The predicted octanol–water partition coefficient (Wildman–Crippen LogP) is 10.1. The minimum Gasteiger partial charge on any atom is -0.404 e. The molecule has 0 fully saturated rings. The molecule has 0 bridgehead atoms. The van der Waals surface area contributed by atoms with Gasteiger partial charge in [0.15, 0.2) is 11.4 Å². The van der Waals surface area contributed by atoms with Gasteiger partial charge in [-0.3, -0.25) is 0 Å². The summed E-state index contributed by atoms with van der Waals surface area (Å²) in [6, 6.07) is 37.0. The average Bonchev–Trinajstić information content (AvgIpc) is 3.58. The van der Waals surface area contributed by atoms with Gasteiger partial charge in [-0.1, -0.05) is 97.9 Å². The van der Waals surface area contributed by atoms with Gasteiger partial charge < -0.3 is 9.30 Å². The minimum atomic E-state index is -0.695. The zero-order chi connectivity index (χ0) is 34.7. The van der Waals surface area contributed by atoms with Gasteiger partial charge in [-0.2, -0.15) is 4.90 Å². The number of anilines is 3. The van der Waals surface area contributed by atoms with E-state index in [2.05, 4.69) is 171 Å². The van der Waals surface area contributed by atoms with E-state index in [4.69, 9.17) is 4.74 Å². The third-order valence-corrected chi connectivity index (χ3v) is 12.8. The Morgan fingerprint density at radius 3 is 2.10 bits per heavy atom. The van der Waals surface area contributed by atoms with Crippen molar-refractivity contribution in [2.24, 2.45) is 0 Å². The molecule has 248 valence electrons. The summed E-state index contributed by atoms with van der Waals surface area (Å²) in [6.07, 6.45) is 0. The molecule has 12 rings (SSSR count). The number of aromatic nitrogens is 3. The number of fused-ring (bicyclic) bond motifs is 8. The van der Waals surface area contributed by atoms with E-state index in [1.54, 1.807) is 0 Å². The molecule has 3 aromatic heterocycles. The van der Waals surface area contributed by atoms with Crippen molar-refractivity contribution < 1.29 is 13.9 Å². The van der Waals surface area contributed by atoms with Gasteiger partial charge in [0.05, 0.1) is 22.8 Å². The van der Waals surface area contributed by atoms with Crippen LogP contribution >= 0.6 is 0 Å². The van der Waals surface area contributed by atoms with Crippen LogP contribution in [0.4, 0.5) is 17.2 Å². The van der Waals surface area contributed by atoms with Gasteiger partial charge in [0.1, 0.15) is 16.8 Å². The molecule has 5 heteroatoms. The summed E-state index contributed by atoms with van der Waals surface area (Å²) < 4.78 is 15.0. The smallest absolute Gasteiger partial charge is 0.378 e. The highest BCUT2D eigenvalue weighted by molar-refractivity contribution is 6.15. The van der Waals surface area contributed by atoms with Crippen LogP contribution in [-0.2, 0) is 21.9 Å². The Hall–Kier alpha value is -5.42. The molecule has 0 N–H and O–H groups in total. The van der Waals surface area contributed by atoms with Crippen molar-refractivity contribution in [3.63, 3.8) is 0 Å². The Kier molecular flexibility index (Phi) is 4.55. The summed E-state index contributed by atoms with van der Waals surface area (Å²) in [7, 11) is 0. The quantitative estimate of drug-likeness (QED) is 0.151. The number of rotatable bonds is 0. The fraction of sp³-hybridized carbons (Fsp3) is 0.261. The molecule has 1 unspecified atom stereocenters. The molecule has 0 saturated carbocycles. The maximum atomic E-state index is 7.15. The molecule has 4 aromatic carbocycles. The maximum absolute atomic E-state index is 7.15. The van der Waals surface area contributed by atoms with Crippen molar-refractivity contribution in [1.29, 1.82) is 0 Å². The van der Waals surface area contributed by atoms with Gasteiger partial charge in [-0.05, 0) is 58.4 Å². The van der Waals surface area contributed by atoms with Crippen LogP contribution in [0.5, 0.6) is 11.6 Å². The highest BCUT2D eigenvalue weighted by Gasteiger charge is 2.73. The first kappa shape index (κ1) is 28.3. The highest BCUT2D eigenvalue weighted by Crippen LogP contribution is 2.64. The predicted molar refractivity (Wildman–Crippen MR) is 202 cm³/mol. The molecular weight excluding hydrogens is 625 g/mol. The normalized spacial score (nSPS) is 18.9. The third kappa shape index (κ3) is 2.91. The molecule has 5 aliphatic heterocycles. The number of pyridine rings is 2. The maximum Gasteiger partial charge on any atom is 0.378 e. The Balaban J connectivity index is 1.42. The number of nitrogens with zero attached hydrogens (tertiary/aromatic N) is 4. The van der Waals surface area contributed by atoms with Crippen LogP contribution < -0.4 is 18.8 Å². The van der Waals surface area contributed by atoms with Crippen LogP contribution in [0.1, 0.15) is 88.8 Å². The van der Waals surface area contributed by atoms with E-state index in [1.807, 2.05) is 0 Å². The second-order valence-corrected chi connectivity index (χ2v) is 17.9. The van der Waals surface area contributed by atoms with Gasteiger partial charge in [0.25, 0.3) is 11.5 Å². The third-order valence-electron chi connectivity index (χ3n) is 12.8. The summed E-state index contributed by atoms with van der Waals surface area (Å²) in [5.74, 6) is 3.02. The lowest BCUT2D eigenvalue weighted by Crippen LogP contribution is -2.75. The molecule has 5 aliphatic rings. The van der Waals surface area contributed by atoms with Gasteiger partial charge in [0.2, 0.25) is 5.69 Å². The van der Waals surface area contributed by atoms with E-state index in [0.29, 0.717) is 0 Å². The Labute approximate surface area is 298 Å². The molecule has 0 amide bonds. The first-order valence-electron chi connectivity index (χ1n) is 18.4. The fourth-order valence-electron chi connectivity index (χ4n) is 10.3. The van der Waals surface area contributed by atoms with Gasteiger partial charge in [-0.25, -0.2) is 0 Å². The molecular formula is C46H40N4O+2. The second kappa shape index (κ2) is 8.21. The zero-order valence-corrected chi connectivity index (χ0v) is 30.4. The summed E-state index contributed by atoms with van der Waals surface area (Å²) in [5, 5.41) is 2.59. The number of hydrogen-bond donors (Lipinski definition) is 0. The topological polar surface area (TPSA) is 25.2 Å². The van der Waals surface area contributed by atoms with Crippen LogP contribution in [0.25, 0.3) is 38.9 Å². The van der Waals surface area contributed by atoms with E-state index in [1.165, 1.54) is 89.5 Å². The molecule has 0 saturated heterocycles. The zero-order valence-electron chi connectivity index (χ0n) is 30.4. The Morgan fingerprint density at radius 2 is 1.31 bits per heavy atom. The second-order valence-electron chi connectivity index (χ2n) is 17.9. The molecule has 1 spiro atoms. The van der Waals surface area contributed by atoms with Crippen molar-refractivity contribution in [1.82, 2.24) is 4.57 Å². The van der Waals surface area contributed by atoms with E-state index in [0.717, 1.165) is 11.6 Å². The largest absolute Gasteiger partial charge is 0.404 e. The van der Waals surface area contributed by atoms with Crippen molar-refractivity contribution in [3.8, 4) is 28.7 Å². The molecule has 51 heavy (non-hydrogen) atoms. The molecule has 0 aliphatic carbocycles. The summed E-state index contributed by atoms with van der Waals surface area (Å²) in [4.78, 5) is 2.62. The van der Waals surface area contributed by atoms with Gasteiger partial charge in [0, 0.05) is 39.4 Å². The van der Waals surface area contributed by atoms with Crippen molar-refractivity contribution in [2.75, 3.05) is 4.90 Å². The first-order chi connectivity index (χ1) is 24.3. The standard InChI is InChI=1S/C46H40N4O/c1-43(2,3)25-20-34-35-21-26(44(4,5)6)23-38-50(35)46-39-33(18-13-19-36(39)51-38)47-31-16-11-9-14-27(31)28-24-30-42(40(46)41(28)47)48(37(22-25)49(34)46)32-17-12-10-15-29(32)45(30,7)8/h9-24H,1-8H3/q+2. The lowest BCUT2D eigenvalue weighted by molar-refractivity contribution is -0.936. The summed E-state index contributed by atoms with van der Waals surface area (Å²) >= 11 is 0. The van der Waals surface area contributed by atoms with Crippen LogP contribution in [0.2, 0.25) is 0 Å². The van der Waals surface area contributed by atoms with Crippen molar-refractivity contribution >= 4 is 39.0 Å². The molecule has 0 radical (unpaired) electrons. The van der Waals surface area contributed by atoms with Crippen molar-refractivity contribution in [2.45, 2.75) is 77.3 Å². The lowest BCUT2D eigenvalue weighted by Gasteiger charge is -2.45. The van der Waals surface area contributed by atoms with Crippen LogP contribution in [-0.4, -0.2) is 4.57 Å². The molecule has 7 aromatic rings. The fourth-order valence-corrected chi connectivity index (χ4v) is 10.3. The number of ether oxygens (including phenoxy) is 1. The summed E-state index contributed by atoms with van der Waals surface area (Å²) in [6.45, 7) is 18.8. The highest BCUT2D eigenvalue weighted by atomic mass is 16.5. The monoisotopic (exact) mass is 664 g/mol. The number of para-hydroxylation sites is 2. The number of hydrogen-bond acceptors (Lipinski definition) is 2. The van der Waals surface area contributed by atoms with E-state index in [-0.39, 0.29) is 16.2 Å². The van der Waals surface area contributed by atoms with Crippen LogP contribution in [0.15, 0.2) is 97.1 Å². The first-order valence-corrected chi connectivity index (χ1v) is 18.4. The van der Waals surface area contributed by atoms with Crippen LogP contribution in [0, 0.1) is 0 Å². The van der Waals surface area contributed by atoms with Gasteiger partial charge >= 0.3 is 11.5 Å². The molecule has 8 heterocycles. The molecule has 1 atom stereocenters. The minimum absolute atomic E-state index is 0.0714. The van der Waals surface area contributed by atoms with E-state index >= 15 is 0 Å². The Bertz CT molecular complexity index is 2840. The SMILES string of the molecule is CC(C)(C)c1cc2[n+]3c(c1)-c1cc(C(C)(C)C)cc4[n+]1C31c3c(cccc3-n3c5ccccc5c5cc6c(c1c53)N4c1ccccc1C6(C)C)O2.